The van der Waals surface area contributed by atoms with Crippen molar-refractivity contribution in [2.24, 2.45) is 0 Å². The van der Waals surface area contributed by atoms with E-state index in [0.717, 1.165) is 50.3 Å². The van der Waals surface area contributed by atoms with E-state index in [0.29, 0.717) is 19.2 Å². The summed E-state index contributed by atoms with van der Waals surface area (Å²) in [4.78, 5) is 18.8. The molecule has 0 saturated carbocycles. The number of carbonyl (C=O) groups is 1. The van der Waals surface area contributed by atoms with Gasteiger partial charge in [0.2, 0.25) is 0 Å². The smallest absolute Gasteiger partial charge is 0.315 e. The Balaban J connectivity index is 1.44. The topological polar surface area (TPSA) is 66.5 Å². The van der Waals surface area contributed by atoms with Gasteiger partial charge in [-0.1, -0.05) is 6.07 Å². The molecule has 1 unspecified atom stereocenters. The number of aromatic nitrogens is 1. The first-order valence-corrected chi connectivity index (χ1v) is 9.15. The largest absolute Gasteiger partial charge is 0.378 e. The monoisotopic (exact) mass is 332 g/mol. The zero-order chi connectivity index (χ0) is 16.6. The predicted octanol–water partition coefficient (Wildman–Crippen LogP) is 2.44. The van der Waals surface area contributed by atoms with E-state index in [2.05, 4.69) is 20.5 Å². The number of urea groups is 1. The van der Waals surface area contributed by atoms with Crippen LogP contribution >= 0.6 is 0 Å². The predicted molar refractivity (Wildman–Crippen MR) is 94.1 cm³/mol. The van der Waals surface area contributed by atoms with Crippen LogP contribution in [-0.2, 0) is 11.3 Å². The summed E-state index contributed by atoms with van der Waals surface area (Å²) in [6.07, 6.45) is 9.00. The van der Waals surface area contributed by atoms with Gasteiger partial charge in [-0.15, -0.1) is 0 Å². The van der Waals surface area contributed by atoms with E-state index >= 15 is 0 Å². The number of amides is 2. The number of ether oxygens (including phenoxy) is 1. The first-order chi connectivity index (χ1) is 11.8. The van der Waals surface area contributed by atoms with Crippen LogP contribution in [0, 0.1) is 0 Å². The zero-order valence-corrected chi connectivity index (χ0v) is 14.3. The molecular weight excluding hydrogens is 304 g/mol. The Labute approximate surface area is 144 Å². The van der Waals surface area contributed by atoms with Crippen LogP contribution in [-0.4, -0.2) is 43.4 Å². The molecule has 0 radical (unpaired) electrons. The maximum absolute atomic E-state index is 12.0. The van der Waals surface area contributed by atoms with Crippen molar-refractivity contribution in [3.8, 4) is 0 Å². The lowest BCUT2D eigenvalue weighted by atomic mass is 10.1. The van der Waals surface area contributed by atoms with Crippen LogP contribution in [0.3, 0.4) is 0 Å². The van der Waals surface area contributed by atoms with E-state index < -0.39 is 0 Å². The first kappa shape index (κ1) is 17.0. The Kier molecular flexibility index (Phi) is 6.29. The molecule has 0 aromatic carbocycles. The van der Waals surface area contributed by atoms with Crippen molar-refractivity contribution in [1.29, 1.82) is 0 Å². The molecule has 2 fully saturated rings. The molecule has 2 amide bonds. The second-order valence-electron chi connectivity index (χ2n) is 6.57. The quantitative estimate of drug-likeness (QED) is 0.840. The molecule has 0 aliphatic carbocycles. The number of hydrogen-bond acceptors (Lipinski definition) is 4. The summed E-state index contributed by atoms with van der Waals surface area (Å²) in [6.45, 7) is 4.13. The summed E-state index contributed by atoms with van der Waals surface area (Å²) >= 11 is 0. The molecule has 0 spiro atoms. The molecule has 2 saturated heterocycles. The molecule has 1 aromatic rings. The van der Waals surface area contributed by atoms with Gasteiger partial charge in [-0.2, -0.15) is 0 Å². The minimum Gasteiger partial charge on any atom is -0.378 e. The molecule has 132 valence electrons. The van der Waals surface area contributed by atoms with Gasteiger partial charge in [0.1, 0.15) is 5.82 Å². The third-order valence-corrected chi connectivity index (χ3v) is 4.74. The van der Waals surface area contributed by atoms with Gasteiger partial charge in [0, 0.05) is 44.5 Å². The molecule has 3 heterocycles. The number of nitrogens with one attached hydrogen (secondary N) is 2. The summed E-state index contributed by atoms with van der Waals surface area (Å²) in [5.41, 5.74) is 1.08. The van der Waals surface area contributed by atoms with Crippen molar-refractivity contribution < 1.29 is 9.53 Å². The highest BCUT2D eigenvalue weighted by Gasteiger charge is 2.17. The Morgan fingerprint density at radius 2 is 2.12 bits per heavy atom. The molecule has 6 nitrogen and oxygen atoms in total. The molecule has 0 bridgehead atoms. The molecular formula is C18H28N4O2. The lowest BCUT2D eigenvalue weighted by Crippen LogP contribution is -2.37. The lowest BCUT2D eigenvalue weighted by Gasteiger charge is -2.29. The average molecular weight is 332 g/mol. The standard InChI is InChI=1S/C18H28N4O2/c23-18(20-10-8-16-7-5-13-24-16)21-14-15-6-4-9-19-17(15)22-11-2-1-3-12-22/h4,6,9,16H,1-3,5,7-8,10-14H2,(H2,20,21,23). The lowest BCUT2D eigenvalue weighted by molar-refractivity contribution is 0.104. The minimum absolute atomic E-state index is 0.124. The van der Waals surface area contributed by atoms with E-state index in [4.69, 9.17) is 4.74 Å². The highest BCUT2D eigenvalue weighted by atomic mass is 16.5. The Hall–Kier alpha value is -1.82. The molecule has 2 aliphatic heterocycles. The summed E-state index contributed by atoms with van der Waals surface area (Å²) in [7, 11) is 0. The molecule has 3 rings (SSSR count). The number of hydrogen-bond donors (Lipinski definition) is 2. The maximum Gasteiger partial charge on any atom is 0.315 e. The molecule has 2 N–H and O–H groups in total. The second kappa shape index (κ2) is 8.87. The van der Waals surface area contributed by atoms with Crippen molar-refractivity contribution in [1.82, 2.24) is 15.6 Å². The zero-order valence-electron chi connectivity index (χ0n) is 14.3. The average Bonchev–Trinajstić information content (AvgIpc) is 3.14. The van der Waals surface area contributed by atoms with Crippen molar-refractivity contribution in [2.45, 2.75) is 51.2 Å². The maximum atomic E-state index is 12.0. The minimum atomic E-state index is -0.124. The SMILES string of the molecule is O=C(NCCC1CCCO1)NCc1cccnc1N1CCCCC1. The number of nitrogens with zero attached hydrogens (tertiary/aromatic N) is 2. The van der Waals surface area contributed by atoms with E-state index in [1.807, 2.05) is 18.3 Å². The van der Waals surface area contributed by atoms with E-state index in [1.54, 1.807) is 0 Å². The molecule has 24 heavy (non-hydrogen) atoms. The Morgan fingerprint density at radius 3 is 2.92 bits per heavy atom. The number of pyridine rings is 1. The van der Waals surface area contributed by atoms with Crippen LogP contribution in [0.4, 0.5) is 10.6 Å². The van der Waals surface area contributed by atoms with Gasteiger partial charge in [0.15, 0.2) is 0 Å². The second-order valence-corrected chi connectivity index (χ2v) is 6.57. The highest BCUT2D eigenvalue weighted by molar-refractivity contribution is 5.74. The third-order valence-electron chi connectivity index (χ3n) is 4.74. The van der Waals surface area contributed by atoms with Gasteiger partial charge in [0.25, 0.3) is 0 Å². The number of rotatable bonds is 6. The Bertz CT molecular complexity index is 526. The fourth-order valence-corrected chi connectivity index (χ4v) is 3.42. The van der Waals surface area contributed by atoms with Crippen molar-refractivity contribution in [2.75, 3.05) is 31.1 Å². The van der Waals surface area contributed by atoms with Crippen molar-refractivity contribution >= 4 is 11.8 Å². The number of anilines is 1. The van der Waals surface area contributed by atoms with Crippen LogP contribution in [0.5, 0.6) is 0 Å². The van der Waals surface area contributed by atoms with Gasteiger partial charge in [-0.05, 0) is 44.6 Å². The van der Waals surface area contributed by atoms with Gasteiger partial charge < -0.3 is 20.3 Å². The summed E-state index contributed by atoms with van der Waals surface area (Å²) in [6, 6.07) is 3.85. The van der Waals surface area contributed by atoms with Crippen LogP contribution in [0.25, 0.3) is 0 Å². The molecule has 1 atom stereocenters. The summed E-state index contributed by atoms with van der Waals surface area (Å²) in [5, 5.41) is 5.86. The molecule has 6 heteroatoms. The Morgan fingerprint density at radius 1 is 1.25 bits per heavy atom. The molecule has 1 aromatic heterocycles. The summed E-state index contributed by atoms with van der Waals surface area (Å²) < 4.78 is 5.56. The van der Waals surface area contributed by atoms with Crippen LogP contribution in [0.2, 0.25) is 0 Å². The van der Waals surface area contributed by atoms with Gasteiger partial charge in [-0.25, -0.2) is 9.78 Å². The number of piperidine rings is 1. The first-order valence-electron chi connectivity index (χ1n) is 9.15. The van der Waals surface area contributed by atoms with Gasteiger partial charge in [-0.3, -0.25) is 0 Å². The van der Waals surface area contributed by atoms with E-state index in [1.165, 1.54) is 19.3 Å². The van der Waals surface area contributed by atoms with E-state index in [-0.39, 0.29) is 6.03 Å². The van der Waals surface area contributed by atoms with Gasteiger partial charge in [0.05, 0.1) is 6.10 Å². The van der Waals surface area contributed by atoms with E-state index in [9.17, 15) is 4.79 Å². The van der Waals surface area contributed by atoms with Crippen LogP contribution < -0.4 is 15.5 Å². The van der Waals surface area contributed by atoms with Crippen molar-refractivity contribution in [3.63, 3.8) is 0 Å². The van der Waals surface area contributed by atoms with Crippen LogP contribution in [0.15, 0.2) is 18.3 Å². The van der Waals surface area contributed by atoms with Crippen LogP contribution in [0.1, 0.15) is 44.1 Å². The normalized spacial score (nSPS) is 20.8. The van der Waals surface area contributed by atoms with Crippen molar-refractivity contribution in [3.05, 3.63) is 23.9 Å². The highest BCUT2D eigenvalue weighted by Crippen LogP contribution is 2.21. The fourth-order valence-electron chi connectivity index (χ4n) is 3.42. The molecule has 2 aliphatic rings. The number of carbonyl (C=O) groups excluding carboxylic acids is 1. The third kappa shape index (κ3) is 4.84. The van der Waals surface area contributed by atoms with Gasteiger partial charge >= 0.3 is 6.03 Å². The fraction of sp³-hybridized carbons (Fsp3) is 0.667. The summed E-state index contributed by atoms with van der Waals surface area (Å²) in [5.74, 6) is 1.01.